The van der Waals surface area contributed by atoms with Gasteiger partial charge in [-0.3, -0.25) is 0 Å². The molecule has 0 saturated carbocycles. The molecule has 2 aromatic heterocycles. The van der Waals surface area contributed by atoms with Gasteiger partial charge in [0.25, 0.3) is 10.0 Å². The molecular weight excluding hydrogens is 1110 g/mol. The normalized spacial score (nSPS) is 15.1. The number of ether oxygens (including phenoxy) is 4. The first-order valence-electron chi connectivity index (χ1n) is 25.7. The van der Waals surface area contributed by atoms with Crippen molar-refractivity contribution in [3.63, 3.8) is 0 Å². The van der Waals surface area contributed by atoms with Crippen LogP contribution in [0.3, 0.4) is 0 Å². The van der Waals surface area contributed by atoms with Gasteiger partial charge in [0.15, 0.2) is 13.1 Å². The van der Waals surface area contributed by atoms with Crippen LogP contribution >= 0.6 is 46.2 Å². The summed E-state index contributed by atoms with van der Waals surface area (Å²) in [6, 6.07) is 41.3. The number of rotatable bonds is 27. The maximum Gasteiger partial charge on any atom is 0.262 e. The third kappa shape index (κ3) is 14.1. The Hall–Kier alpha value is -5.46. The van der Waals surface area contributed by atoms with Gasteiger partial charge in [-0.2, -0.15) is 9.13 Å². The van der Waals surface area contributed by atoms with Crippen LogP contribution in [0.2, 0.25) is 0 Å². The van der Waals surface area contributed by atoms with Gasteiger partial charge in [0, 0.05) is 59.4 Å². The quantitative estimate of drug-likeness (QED) is 0.0271. The molecular formula is C58H58N4O10S6. The average Bonchev–Trinajstić information content (AvgIpc) is 4.36. The topological polar surface area (TPSA) is 166 Å². The fourth-order valence-electron chi connectivity index (χ4n) is 9.55. The highest BCUT2D eigenvalue weighted by Gasteiger charge is 2.27. The van der Waals surface area contributed by atoms with Crippen LogP contribution in [0.5, 0.6) is 0 Å². The average molecular weight is 1160 g/mol. The van der Waals surface area contributed by atoms with Gasteiger partial charge >= 0.3 is 0 Å². The molecule has 0 N–H and O–H groups in total. The second-order valence-corrected chi connectivity index (χ2v) is 25.6. The Balaban J connectivity index is 0.657. The molecule has 14 nitrogen and oxygen atoms in total. The summed E-state index contributed by atoms with van der Waals surface area (Å²) in [4.78, 5) is 6.85. The minimum absolute atomic E-state index is 0.226. The van der Waals surface area contributed by atoms with E-state index in [9.17, 15) is 25.9 Å². The van der Waals surface area contributed by atoms with Crippen molar-refractivity contribution in [1.82, 2.24) is 0 Å². The minimum atomic E-state index is -4.33. The first kappa shape index (κ1) is 55.8. The zero-order chi connectivity index (χ0) is 53.9. The molecule has 0 bridgehead atoms. The largest absolute Gasteiger partial charge is 0.748 e. The zero-order valence-electron chi connectivity index (χ0n) is 42.6. The molecule has 2 aliphatic rings. The van der Waals surface area contributed by atoms with Gasteiger partial charge in [-0.05, 0) is 71.5 Å². The van der Waals surface area contributed by atoms with Crippen molar-refractivity contribution in [2.24, 2.45) is 0 Å². The predicted molar refractivity (Wildman–Crippen MR) is 314 cm³/mol. The van der Waals surface area contributed by atoms with Crippen molar-refractivity contribution in [3.05, 3.63) is 166 Å². The molecule has 20 heteroatoms. The molecule has 0 fully saturated rings. The number of thioether (sulfide) groups is 2. The number of nitrogens with zero attached hydrogens (tertiary/aromatic N) is 4. The molecule has 8 aromatic rings. The highest BCUT2D eigenvalue weighted by molar-refractivity contribution is 8.04. The van der Waals surface area contributed by atoms with Crippen LogP contribution in [0.4, 0.5) is 11.4 Å². The molecule has 4 heterocycles. The molecule has 0 radical (unpaired) electrons. The lowest BCUT2D eigenvalue weighted by Crippen LogP contribution is -2.36. The van der Waals surface area contributed by atoms with Crippen molar-refractivity contribution >= 4 is 132 Å². The first-order valence-corrected chi connectivity index (χ1v) is 32.1. The Kier molecular flexibility index (Phi) is 18.8. The molecule has 10 rings (SSSR count). The maximum absolute atomic E-state index is 11.5. The van der Waals surface area contributed by atoms with Gasteiger partial charge in [-0.25, -0.2) is 16.8 Å². The SMILES string of the molecule is O=S(=O)([O-])CCC[n+]1c(/C=C/C=C2/Sc3ccccc3N2CCOCCOCCOCCOCCN2/C(=C\C=C\c3sc4ccc5ccccc5c4[n+]3CCCS(=O)(=O)[O-])Sc3ccccc32)sc2ccc3ccccc3c21. The van der Waals surface area contributed by atoms with E-state index in [1.54, 1.807) is 46.2 Å². The molecule has 0 spiro atoms. The van der Waals surface area contributed by atoms with Gasteiger partial charge in [0.1, 0.15) is 9.40 Å². The Morgan fingerprint density at radius 3 is 1.28 bits per heavy atom. The fourth-order valence-corrected chi connectivity index (χ4v) is 15.0. The van der Waals surface area contributed by atoms with E-state index in [1.807, 2.05) is 60.7 Å². The number of anilines is 2. The highest BCUT2D eigenvalue weighted by atomic mass is 32.2. The number of para-hydroxylation sites is 2. The molecule has 78 heavy (non-hydrogen) atoms. The Morgan fingerprint density at radius 2 is 0.859 bits per heavy atom. The highest BCUT2D eigenvalue weighted by Crippen LogP contribution is 2.47. The lowest BCUT2D eigenvalue weighted by molar-refractivity contribution is -0.668. The van der Waals surface area contributed by atoms with E-state index in [0.29, 0.717) is 79.0 Å². The fraction of sp³-hybridized carbons (Fsp3) is 0.276. The Bertz CT molecular complexity index is 3540. The molecule has 2 aliphatic heterocycles. The summed E-state index contributed by atoms with van der Waals surface area (Å²) in [5.41, 5.74) is 4.32. The molecule has 6 aromatic carbocycles. The van der Waals surface area contributed by atoms with Crippen LogP contribution in [0, 0.1) is 0 Å². The van der Waals surface area contributed by atoms with Crippen LogP contribution in [0.25, 0.3) is 54.1 Å². The standard InChI is InChI=1S/C58H58N4O10S6/c63-77(64,65)41-11-29-61-55(75-51-27-25-43-13-1-3-15-45(43)57(51)61)23-9-21-53-59(47-17-5-7-19-49(47)73-53)31-33-69-35-37-71-39-40-72-38-36-70-34-32-60-48-18-6-8-20-50(48)74-54(60)22-10-24-56-62(30-12-42-78(66,67)68)58-46-16-4-2-14-44(46)26-28-52(58)76-56/h1-10,13-28H,11-12,29-42H2. The second-order valence-electron chi connectivity index (χ2n) is 18.3. The van der Waals surface area contributed by atoms with E-state index in [1.165, 1.54) is 9.79 Å². The van der Waals surface area contributed by atoms with E-state index in [4.69, 9.17) is 18.9 Å². The Morgan fingerprint density at radius 1 is 0.474 bits per heavy atom. The number of hydrogen-bond acceptors (Lipinski definition) is 16. The van der Waals surface area contributed by atoms with Gasteiger partial charge in [-0.1, -0.05) is 131 Å². The summed E-state index contributed by atoms with van der Waals surface area (Å²) in [5.74, 6) is -0.828. The molecule has 0 atom stereocenters. The van der Waals surface area contributed by atoms with Gasteiger partial charge in [0.2, 0.25) is 11.0 Å². The third-order valence-corrected chi connectivity index (χ3v) is 19.1. The predicted octanol–water partition coefficient (Wildman–Crippen LogP) is 10.6. The number of benzene rings is 6. The van der Waals surface area contributed by atoms with E-state index >= 15 is 0 Å². The zero-order valence-corrected chi connectivity index (χ0v) is 47.5. The van der Waals surface area contributed by atoms with Crippen molar-refractivity contribution in [1.29, 1.82) is 0 Å². The molecule has 406 valence electrons. The number of thiazole rings is 2. The number of aromatic nitrogens is 2. The summed E-state index contributed by atoms with van der Waals surface area (Å²) in [6.45, 7) is 5.78. The smallest absolute Gasteiger partial charge is 0.262 e. The molecule has 0 saturated heterocycles. The van der Waals surface area contributed by atoms with Crippen molar-refractivity contribution in [3.8, 4) is 0 Å². The lowest BCUT2D eigenvalue weighted by Gasteiger charge is -2.20. The van der Waals surface area contributed by atoms with Crippen molar-refractivity contribution in [2.75, 3.05) is 87.3 Å². The van der Waals surface area contributed by atoms with E-state index in [2.05, 4.69) is 116 Å². The number of hydrogen-bond donors (Lipinski definition) is 0. The van der Waals surface area contributed by atoms with E-state index in [-0.39, 0.29) is 12.8 Å². The van der Waals surface area contributed by atoms with Crippen LogP contribution < -0.4 is 18.9 Å². The summed E-state index contributed by atoms with van der Waals surface area (Å²) in [7, 11) is -8.66. The maximum atomic E-state index is 11.5. The molecule has 0 amide bonds. The number of allylic oxidation sites excluding steroid dienone is 4. The monoisotopic (exact) mass is 1160 g/mol. The molecule has 0 aliphatic carbocycles. The van der Waals surface area contributed by atoms with E-state index in [0.717, 1.165) is 73.4 Å². The van der Waals surface area contributed by atoms with Crippen molar-refractivity contribution < 1.29 is 54.0 Å². The van der Waals surface area contributed by atoms with Crippen molar-refractivity contribution in [2.45, 2.75) is 35.7 Å². The lowest BCUT2D eigenvalue weighted by atomic mass is 10.1. The van der Waals surface area contributed by atoms with Crippen LogP contribution in [-0.2, 0) is 52.3 Å². The summed E-state index contributed by atoms with van der Waals surface area (Å²) in [6.07, 6.45) is 12.8. The van der Waals surface area contributed by atoms with Crippen LogP contribution in [0.1, 0.15) is 22.9 Å². The summed E-state index contributed by atoms with van der Waals surface area (Å²) < 4.78 is 99.1. The summed E-state index contributed by atoms with van der Waals surface area (Å²) in [5, 5.41) is 8.43. The van der Waals surface area contributed by atoms with Crippen LogP contribution in [0.15, 0.2) is 165 Å². The van der Waals surface area contributed by atoms with Gasteiger partial charge in [-0.15, -0.1) is 0 Å². The van der Waals surface area contributed by atoms with Gasteiger partial charge < -0.3 is 37.9 Å². The van der Waals surface area contributed by atoms with Gasteiger partial charge in [0.05, 0.1) is 105 Å². The molecule has 0 unspecified atom stereocenters. The first-order chi connectivity index (χ1) is 38.0. The number of fused-ring (bicyclic) bond motifs is 8. The third-order valence-electron chi connectivity index (χ3n) is 13.0. The minimum Gasteiger partial charge on any atom is -0.748 e. The Labute approximate surface area is 471 Å². The van der Waals surface area contributed by atoms with Crippen LogP contribution in [-0.4, -0.2) is 103 Å². The number of aryl methyl sites for hydroxylation is 2. The summed E-state index contributed by atoms with van der Waals surface area (Å²) >= 11 is 6.68. The van der Waals surface area contributed by atoms with E-state index < -0.39 is 31.7 Å². The second kappa shape index (κ2) is 26.2.